The third-order valence-corrected chi connectivity index (χ3v) is 5.62. The van der Waals surface area contributed by atoms with Crippen LogP contribution in [0.5, 0.6) is 5.75 Å². The monoisotopic (exact) mass is 418 g/mol. The fourth-order valence-electron chi connectivity index (χ4n) is 3.69. The summed E-state index contributed by atoms with van der Waals surface area (Å²) in [5.41, 5.74) is 1.90. The van der Waals surface area contributed by atoms with Gasteiger partial charge >= 0.3 is 0 Å². The lowest BCUT2D eigenvalue weighted by Crippen LogP contribution is -3.19. The second kappa shape index (κ2) is 10.0. The Labute approximate surface area is 182 Å². The van der Waals surface area contributed by atoms with E-state index >= 15 is 0 Å². The molecule has 3 aromatic rings. The van der Waals surface area contributed by atoms with Gasteiger partial charge in [-0.15, -0.1) is 0 Å². The van der Waals surface area contributed by atoms with Crippen LogP contribution in [0.3, 0.4) is 0 Å². The number of aromatic nitrogens is 2. The van der Waals surface area contributed by atoms with Crippen LogP contribution >= 0.6 is 0 Å². The number of nitrogens with one attached hydrogen (secondary N) is 2. The molecular formula is C24H28N5O2+. The summed E-state index contributed by atoms with van der Waals surface area (Å²) in [7, 11) is 0. The lowest BCUT2D eigenvalue weighted by Gasteiger charge is -2.34. The van der Waals surface area contributed by atoms with E-state index in [-0.39, 0.29) is 11.9 Å². The highest BCUT2D eigenvalue weighted by molar-refractivity contribution is 5.93. The number of piperazine rings is 1. The van der Waals surface area contributed by atoms with Crippen molar-refractivity contribution >= 4 is 17.5 Å². The van der Waals surface area contributed by atoms with Gasteiger partial charge < -0.3 is 19.9 Å². The van der Waals surface area contributed by atoms with E-state index in [9.17, 15) is 4.79 Å². The van der Waals surface area contributed by atoms with Crippen molar-refractivity contribution in [2.75, 3.05) is 36.4 Å². The van der Waals surface area contributed by atoms with Crippen molar-refractivity contribution < 1.29 is 14.4 Å². The maximum atomic E-state index is 12.8. The maximum Gasteiger partial charge on any atom is 0.282 e. The fourth-order valence-corrected chi connectivity index (χ4v) is 3.69. The quantitative estimate of drug-likeness (QED) is 0.612. The molecule has 160 valence electrons. The summed E-state index contributed by atoms with van der Waals surface area (Å²) in [5.74, 6) is 1.56. The third-order valence-electron chi connectivity index (χ3n) is 5.62. The molecule has 1 atom stereocenters. The average molecular weight is 419 g/mol. The Morgan fingerprint density at radius 3 is 2.39 bits per heavy atom. The van der Waals surface area contributed by atoms with E-state index in [1.54, 1.807) is 12.4 Å². The molecule has 4 rings (SSSR count). The van der Waals surface area contributed by atoms with E-state index in [4.69, 9.17) is 4.74 Å². The van der Waals surface area contributed by atoms with Gasteiger partial charge in [0.05, 0.1) is 26.2 Å². The maximum absolute atomic E-state index is 12.8. The third kappa shape index (κ3) is 5.58. The van der Waals surface area contributed by atoms with Crippen molar-refractivity contribution in [1.82, 2.24) is 9.97 Å². The Kier molecular flexibility index (Phi) is 6.74. The number of nitrogens with zero attached hydrogens (tertiary/aromatic N) is 3. The standard InChI is InChI=1S/C24H27N5O2/c1-19(28-14-16-29(17-15-28)24-25-12-5-13-26-24)23(30)27-21-8-10-22(11-9-21)31-18-20-6-3-2-4-7-20/h2-13,19H,14-18H2,1H3,(H,27,30)/p+1/t19-/m1/s1. The molecule has 1 amide bonds. The molecule has 0 unspecified atom stereocenters. The van der Waals surface area contributed by atoms with Gasteiger partial charge in [0.25, 0.3) is 5.91 Å². The first-order valence-corrected chi connectivity index (χ1v) is 10.6. The van der Waals surface area contributed by atoms with Crippen LogP contribution in [0, 0.1) is 0 Å². The zero-order valence-corrected chi connectivity index (χ0v) is 17.7. The predicted molar refractivity (Wildman–Crippen MR) is 120 cm³/mol. The Bertz CT molecular complexity index is 958. The number of amides is 1. The van der Waals surface area contributed by atoms with Gasteiger partial charge in [0, 0.05) is 18.1 Å². The van der Waals surface area contributed by atoms with E-state index in [1.165, 1.54) is 4.90 Å². The number of rotatable bonds is 7. The molecule has 2 aromatic carbocycles. The summed E-state index contributed by atoms with van der Waals surface area (Å²) < 4.78 is 5.81. The summed E-state index contributed by atoms with van der Waals surface area (Å²) in [6.07, 6.45) is 3.52. The van der Waals surface area contributed by atoms with Gasteiger partial charge in [-0.3, -0.25) is 4.79 Å². The van der Waals surface area contributed by atoms with E-state index in [0.717, 1.165) is 49.1 Å². The average Bonchev–Trinajstić information content (AvgIpc) is 2.84. The van der Waals surface area contributed by atoms with Gasteiger partial charge in [-0.2, -0.15) is 0 Å². The Hall–Kier alpha value is -3.45. The van der Waals surface area contributed by atoms with Crippen LogP contribution < -0.4 is 19.9 Å². The SMILES string of the molecule is C[C@H](C(=O)Nc1ccc(OCc2ccccc2)cc1)[NH+]1CCN(c2ncccn2)CC1. The van der Waals surface area contributed by atoms with Gasteiger partial charge in [0.15, 0.2) is 6.04 Å². The molecule has 1 fully saturated rings. The van der Waals surface area contributed by atoms with Crippen molar-refractivity contribution in [2.24, 2.45) is 0 Å². The van der Waals surface area contributed by atoms with Crippen molar-refractivity contribution in [1.29, 1.82) is 0 Å². The van der Waals surface area contributed by atoms with Crippen molar-refractivity contribution in [2.45, 2.75) is 19.6 Å². The molecule has 1 aliphatic heterocycles. The molecule has 31 heavy (non-hydrogen) atoms. The topological polar surface area (TPSA) is 71.8 Å². The van der Waals surface area contributed by atoms with Crippen LogP contribution in [0.2, 0.25) is 0 Å². The largest absolute Gasteiger partial charge is 0.489 e. The van der Waals surface area contributed by atoms with Crippen LogP contribution in [-0.4, -0.2) is 48.1 Å². The minimum atomic E-state index is -0.132. The molecule has 1 aliphatic rings. The Balaban J connectivity index is 1.25. The van der Waals surface area contributed by atoms with Crippen LogP contribution in [0.15, 0.2) is 73.1 Å². The molecule has 2 N–H and O–H groups in total. The van der Waals surface area contributed by atoms with E-state index in [2.05, 4.69) is 20.2 Å². The predicted octanol–water partition coefficient (Wildman–Crippen LogP) is 1.79. The molecule has 1 saturated heterocycles. The first-order chi connectivity index (χ1) is 15.2. The molecule has 1 aromatic heterocycles. The van der Waals surface area contributed by atoms with Gasteiger partial charge in [0.2, 0.25) is 5.95 Å². The fraction of sp³-hybridized carbons (Fsp3) is 0.292. The highest BCUT2D eigenvalue weighted by atomic mass is 16.5. The van der Waals surface area contributed by atoms with Gasteiger partial charge in [-0.05, 0) is 42.8 Å². The molecule has 2 heterocycles. The summed E-state index contributed by atoms with van der Waals surface area (Å²) >= 11 is 0. The number of hydrogen-bond donors (Lipinski definition) is 2. The second-order valence-electron chi connectivity index (χ2n) is 7.70. The normalized spacial score (nSPS) is 15.3. The summed E-state index contributed by atoms with van der Waals surface area (Å²) in [6, 6.07) is 19.3. The molecule has 0 bridgehead atoms. The molecular weight excluding hydrogens is 390 g/mol. The lowest BCUT2D eigenvalue weighted by atomic mass is 10.2. The first-order valence-electron chi connectivity index (χ1n) is 10.6. The zero-order chi connectivity index (χ0) is 21.5. The van der Waals surface area contributed by atoms with Crippen molar-refractivity contribution in [3.63, 3.8) is 0 Å². The first kappa shape index (κ1) is 20.8. The van der Waals surface area contributed by atoms with Crippen LogP contribution in [0.1, 0.15) is 12.5 Å². The van der Waals surface area contributed by atoms with Crippen molar-refractivity contribution in [3.8, 4) is 5.75 Å². The molecule has 0 radical (unpaired) electrons. The minimum Gasteiger partial charge on any atom is -0.489 e. The summed E-state index contributed by atoms with van der Waals surface area (Å²) in [5, 5.41) is 3.03. The highest BCUT2D eigenvalue weighted by Gasteiger charge is 2.29. The Morgan fingerprint density at radius 2 is 1.71 bits per heavy atom. The van der Waals surface area contributed by atoms with Gasteiger partial charge in [-0.25, -0.2) is 9.97 Å². The van der Waals surface area contributed by atoms with E-state index in [1.807, 2.05) is 67.6 Å². The van der Waals surface area contributed by atoms with Crippen LogP contribution in [0.25, 0.3) is 0 Å². The Morgan fingerprint density at radius 1 is 1.03 bits per heavy atom. The number of carbonyl (C=O) groups excluding carboxylic acids is 1. The number of benzene rings is 2. The van der Waals surface area contributed by atoms with Gasteiger partial charge in [0.1, 0.15) is 12.4 Å². The minimum absolute atomic E-state index is 0.0253. The van der Waals surface area contributed by atoms with Gasteiger partial charge in [-0.1, -0.05) is 30.3 Å². The molecule has 0 aliphatic carbocycles. The van der Waals surface area contributed by atoms with E-state index < -0.39 is 0 Å². The van der Waals surface area contributed by atoms with E-state index in [0.29, 0.717) is 6.61 Å². The second-order valence-corrected chi connectivity index (χ2v) is 7.70. The highest BCUT2D eigenvalue weighted by Crippen LogP contribution is 2.17. The van der Waals surface area contributed by atoms with Crippen LogP contribution in [-0.2, 0) is 11.4 Å². The zero-order valence-electron chi connectivity index (χ0n) is 17.7. The molecule has 7 nitrogen and oxygen atoms in total. The number of hydrogen-bond acceptors (Lipinski definition) is 5. The number of carbonyl (C=O) groups is 1. The molecule has 0 saturated carbocycles. The smallest absolute Gasteiger partial charge is 0.282 e. The summed E-state index contributed by atoms with van der Waals surface area (Å²) in [6.45, 7) is 5.93. The number of anilines is 2. The lowest BCUT2D eigenvalue weighted by molar-refractivity contribution is -0.914. The summed E-state index contributed by atoms with van der Waals surface area (Å²) in [4.78, 5) is 24.8. The van der Waals surface area contributed by atoms with Crippen LogP contribution in [0.4, 0.5) is 11.6 Å². The molecule has 0 spiro atoms. The van der Waals surface area contributed by atoms with Crippen molar-refractivity contribution in [3.05, 3.63) is 78.6 Å². The molecule has 7 heteroatoms. The number of quaternary nitrogens is 1. The number of ether oxygens (including phenoxy) is 1.